The average Bonchev–Trinajstić information content (AvgIpc) is 2.31. The van der Waals surface area contributed by atoms with E-state index in [9.17, 15) is 9.18 Å². The van der Waals surface area contributed by atoms with Gasteiger partial charge < -0.3 is 10.6 Å². The van der Waals surface area contributed by atoms with Gasteiger partial charge in [-0.05, 0) is 31.5 Å². The van der Waals surface area contributed by atoms with Crippen molar-refractivity contribution in [1.29, 1.82) is 0 Å². The first kappa shape index (κ1) is 10.9. The Kier molecular flexibility index (Phi) is 2.58. The smallest absolute Gasteiger partial charge is 0.229 e. The highest BCUT2D eigenvalue weighted by Crippen LogP contribution is 2.30. The first-order chi connectivity index (χ1) is 7.49. The number of fused-ring (bicyclic) bond motifs is 1. The minimum atomic E-state index is -0.303. The molecule has 2 unspecified atom stereocenters. The van der Waals surface area contributed by atoms with Crippen molar-refractivity contribution in [2.45, 2.75) is 26.8 Å². The van der Waals surface area contributed by atoms with E-state index in [1.165, 1.54) is 6.07 Å². The molecule has 1 heterocycles. The number of hydrogen-bond acceptors (Lipinski definition) is 2. The van der Waals surface area contributed by atoms with Crippen molar-refractivity contribution in [1.82, 2.24) is 0 Å². The zero-order chi connectivity index (χ0) is 11.9. The van der Waals surface area contributed by atoms with Crippen LogP contribution >= 0.6 is 0 Å². The Morgan fingerprint density at radius 1 is 1.25 bits per heavy atom. The number of rotatable bonds is 0. The fraction of sp³-hybridized carbons (Fsp3) is 0.417. The maximum absolute atomic E-state index is 13.4. The van der Waals surface area contributed by atoms with Gasteiger partial charge in [0.25, 0.3) is 0 Å². The molecule has 1 aliphatic rings. The molecule has 0 saturated carbocycles. The lowest BCUT2D eigenvalue weighted by Crippen LogP contribution is -2.30. The summed E-state index contributed by atoms with van der Waals surface area (Å²) in [6.45, 7) is 5.50. The standard InChI is InChI=1S/C12H15FN2O/c1-6-4-10-11(5-9(6)13)15-12(16)7(2)8(3)14-10/h4-5,7-8,14H,1-3H3,(H,15,16). The largest absolute Gasteiger partial charge is 0.380 e. The van der Waals surface area contributed by atoms with Crippen molar-refractivity contribution in [3.63, 3.8) is 0 Å². The summed E-state index contributed by atoms with van der Waals surface area (Å²) in [6.07, 6.45) is 0. The van der Waals surface area contributed by atoms with Crippen LogP contribution in [-0.2, 0) is 4.79 Å². The van der Waals surface area contributed by atoms with Crippen molar-refractivity contribution in [2.75, 3.05) is 10.6 Å². The van der Waals surface area contributed by atoms with Crippen LogP contribution in [0.5, 0.6) is 0 Å². The first-order valence-electron chi connectivity index (χ1n) is 5.36. The van der Waals surface area contributed by atoms with Gasteiger partial charge in [-0.2, -0.15) is 0 Å². The molecule has 1 amide bonds. The Hall–Kier alpha value is -1.58. The highest BCUT2D eigenvalue weighted by atomic mass is 19.1. The predicted molar refractivity (Wildman–Crippen MR) is 62.0 cm³/mol. The zero-order valence-electron chi connectivity index (χ0n) is 9.60. The summed E-state index contributed by atoms with van der Waals surface area (Å²) in [4.78, 5) is 11.7. The number of nitrogens with one attached hydrogen (secondary N) is 2. The number of aryl methyl sites for hydroxylation is 1. The second kappa shape index (κ2) is 3.77. The van der Waals surface area contributed by atoms with Gasteiger partial charge in [-0.15, -0.1) is 0 Å². The van der Waals surface area contributed by atoms with Gasteiger partial charge in [-0.3, -0.25) is 4.79 Å². The van der Waals surface area contributed by atoms with E-state index in [2.05, 4.69) is 10.6 Å². The minimum Gasteiger partial charge on any atom is -0.380 e. The average molecular weight is 222 g/mol. The van der Waals surface area contributed by atoms with Crippen LogP contribution in [0.4, 0.5) is 15.8 Å². The highest BCUT2D eigenvalue weighted by Gasteiger charge is 2.25. The Bertz CT molecular complexity index is 445. The Morgan fingerprint density at radius 2 is 1.94 bits per heavy atom. The van der Waals surface area contributed by atoms with Gasteiger partial charge in [0.1, 0.15) is 5.82 Å². The fourth-order valence-electron chi connectivity index (χ4n) is 1.75. The van der Waals surface area contributed by atoms with E-state index in [4.69, 9.17) is 0 Å². The number of carbonyl (C=O) groups excluding carboxylic acids is 1. The summed E-state index contributed by atoms with van der Waals surface area (Å²) in [6, 6.07) is 3.12. The summed E-state index contributed by atoms with van der Waals surface area (Å²) in [5, 5.41) is 5.95. The van der Waals surface area contributed by atoms with Crippen LogP contribution < -0.4 is 10.6 Å². The molecule has 1 aromatic rings. The third-order valence-corrected chi connectivity index (χ3v) is 3.10. The van der Waals surface area contributed by atoms with E-state index in [1.54, 1.807) is 13.0 Å². The third kappa shape index (κ3) is 1.75. The molecule has 0 radical (unpaired) electrons. The maximum Gasteiger partial charge on any atom is 0.229 e. The maximum atomic E-state index is 13.4. The second-order valence-electron chi connectivity index (χ2n) is 4.36. The van der Waals surface area contributed by atoms with E-state index in [-0.39, 0.29) is 23.7 Å². The zero-order valence-corrected chi connectivity index (χ0v) is 9.60. The molecule has 16 heavy (non-hydrogen) atoms. The SMILES string of the molecule is Cc1cc2c(cc1F)NC(=O)C(C)C(C)N2. The number of benzene rings is 1. The van der Waals surface area contributed by atoms with Crippen LogP contribution in [0.1, 0.15) is 19.4 Å². The summed E-state index contributed by atoms with van der Waals surface area (Å²) in [5.74, 6) is -0.527. The molecular weight excluding hydrogens is 207 g/mol. The number of carbonyl (C=O) groups is 1. The Balaban J connectivity index is 2.47. The number of hydrogen-bond donors (Lipinski definition) is 2. The van der Waals surface area contributed by atoms with Crippen molar-refractivity contribution in [3.8, 4) is 0 Å². The lowest BCUT2D eigenvalue weighted by molar-refractivity contribution is -0.119. The van der Waals surface area contributed by atoms with Crippen LogP contribution in [0.2, 0.25) is 0 Å². The Morgan fingerprint density at radius 3 is 2.62 bits per heavy atom. The number of halogens is 1. The van der Waals surface area contributed by atoms with E-state index in [0.29, 0.717) is 11.3 Å². The molecule has 1 aliphatic heterocycles. The molecule has 0 aromatic heterocycles. The lowest BCUT2D eigenvalue weighted by Gasteiger charge is -2.16. The molecule has 0 aliphatic carbocycles. The van der Waals surface area contributed by atoms with Crippen LogP contribution in [-0.4, -0.2) is 11.9 Å². The van der Waals surface area contributed by atoms with Crippen LogP contribution in [0.25, 0.3) is 0 Å². The first-order valence-corrected chi connectivity index (χ1v) is 5.36. The normalized spacial score (nSPS) is 24.1. The molecular formula is C12H15FN2O. The van der Waals surface area contributed by atoms with Crippen LogP contribution in [0, 0.1) is 18.7 Å². The van der Waals surface area contributed by atoms with Gasteiger partial charge in [-0.1, -0.05) is 6.92 Å². The summed E-state index contributed by atoms with van der Waals surface area (Å²) in [5.41, 5.74) is 1.87. The van der Waals surface area contributed by atoms with Gasteiger partial charge in [0.05, 0.1) is 17.3 Å². The predicted octanol–water partition coefficient (Wildman–Crippen LogP) is 2.52. The van der Waals surface area contributed by atoms with Gasteiger partial charge in [0, 0.05) is 6.04 Å². The van der Waals surface area contributed by atoms with Crippen molar-refractivity contribution in [3.05, 3.63) is 23.5 Å². The van der Waals surface area contributed by atoms with Crippen LogP contribution in [0.3, 0.4) is 0 Å². The molecule has 2 rings (SSSR count). The third-order valence-electron chi connectivity index (χ3n) is 3.10. The van der Waals surface area contributed by atoms with E-state index in [1.807, 2.05) is 13.8 Å². The fourth-order valence-corrected chi connectivity index (χ4v) is 1.75. The summed E-state index contributed by atoms with van der Waals surface area (Å²) < 4.78 is 13.4. The molecule has 0 saturated heterocycles. The van der Waals surface area contributed by atoms with Gasteiger partial charge in [-0.25, -0.2) is 4.39 Å². The molecule has 1 aromatic carbocycles. The van der Waals surface area contributed by atoms with Crippen molar-refractivity contribution >= 4 is 17.3 Å². The molecule has 2 atom stereocenters. The molecule has 0 spiro atoms. The molecule has 4 heteroatoms. The van der Waals surface area contributed by atoms with Gasteiger partial charge >= 0.3 is 0 Å². The molecule has 2 N–H and O–H groups in total. The minimum absolute atomic E-state index is 0.0334. The molecule has 86 valence electrons. The van der Waals surface area contributed by atoms with E-state index in [0.717, 1.165) is 5.69 Å². The van der Waals surface area contributed by atoms with Crippen molar-refractivity contribution < 1.29 is 9.18 Å². The monoisotopic (exact) mass is 222 g/mol. The quantitative estimate of drug-likeness (QED) is 0.708. The number of amides is 1. The van der Waals surface area contributed by atoms with Gasteiger partial charge in [0.15, 0.2) is 0 Å². The highest BCUT2D eigenvalue weighted by molar-refractivity contribution is 5.97. The Labute approximate surface area is 94.0 Å². The van der Waals surface area contributed by atoms with E-state index >= 15 is 0 Å². The number of anilines is 2. The molecule has 3 nitrogen and oxygen atoms in total. The summed E-state index contributed by atoms with van der Waals surface area (Å²) >= 11 is 0. The van der Waals surface area contributed by atoms with Crippen LogP contribution in [0.15, 0.2) is 12.1 Å². The second-order valence-corrected chi connectivity index (χ2v) is 4.36. The topological polar surface area (TPSA) is 41.1 Å². The lowest BCUT2D eigenvalue weighted by atomic mass is 10.0. The van der Waals surface area contributed by atoms with Gasteiger partial charge in [0.2, 0.25) is 5.91 Å². The van der Waals surface area contributed by atoms with Crippen molar-refractivity contribution in [2.24, 2.45) is 5.92 Å². The summed E-state index contributed by atoms with van der Waals surface area (Å²) in [7, 11) is 0. The van der Waals surface area contributed by atoms with E-state index < -0.39 is 0 Å². The molecule has 0 fully saturated rings. The molecule has 0 bridgehead atoms.